The summed E-state index contributed by atoms with van der Waals surface area (Å²) in [4.78, 5) is 12.7. The van der Waals surface area contributed by atoms with Crippen LogP contribution in [-0.2, 0) is 0 Å². The van der Waals surface area contributed by atoms with Gasteiger partial charge in [0.1, 0.15) is 11.5 Å². The molecule has 0 fully saturated rings. The van der Waals surface area contributed by atoms with Crippen LogP contribution in [0.3, 0.4) is 0 Å². The van der Waals surface area contributed by atoms with Crippen LogP contribution in [0.25, 0.3) is 6.08 Å². The summed E-state index contributed by atoms with van der Waals surface area (Å²) in [7, 11) is 4.16. The second-order valence-corrected chi connectivity index (χ2v) is 6.62. The lowest BCUT2D eigenvalue weighted by Crippen LogP contribution is -2.21. The van der Waals surface area contributed by atoms with Crippen LogP contribution in [0, 0.1) is 0 Å². The highest BCUT2D eigenvalue weighted by Crippen LogP contribution is 2.38. The number of alkyl halides is 6. The van der Waals surface area contributed by atoms with E-state index in [0.29, 0.717) is 11.3 Å². The number of rotatable bonds is 10. The zero-order valence-corrected chi connectivity index (χ0v) is 18.2. The largest absolute Gasteiger partial charge is 0.493 e. The third kappa shape index (κ3) is 7.78. The highest BCUT2D eigenvalue weighted by molar-refractivity contribution is 6.09. The molecule has 0 amide bonds. The van der Waals surface area contributed by atoms with Gasteiger partial charge in [0.15, 0.2) is 30.5 Å². The minimum absolute atomic E-state index is 0.283. The monoisotopic (exact) mass is 494 g/mol. The van der Waals surface area contributed by atoms with E-state index in [2.05, 4.69) is 9.47 Å². The predicted octanol–water partition coefficient (Wildman–Crippen LogP) is 5.49. The van der Waals surface area contributed by atoms with Crippen LogP contribution in [0.15, 0.2) is 36.4 Å². The van der Waals surface area contributed by atoms with Gasteiger partial charge in [0.25, 0.3) is 0 Å². The number of methoxy groups -OCH3 is 3. The first-order valence-corrected chi connectivity index (χ1v) is 9.42. The lowest BCUT2D eigenvalue weighted by atomic mass is 10.1. The minimum Gasteiger partial charge on any atom is -0.493 e. The minimum atomic E-state index is -4.70. The van der Waals surface area contributed by atoms with Crippen LogP contribution < -0.4 is 23.7 Å². The molecule has 0 saturated heterocycles. The Kier molecular flexibility index (Phi) is 8.66. The molecule has 0 aliphatic heterocycles. The Balaban J connectivity index is 2.38. The van der Waals surface area contributed by atoms with Gasteiger partial charge in [-0.15, -0.1) is 0 Å². The van der Waals surface area contributed by atoms with Crippen LogP contribution >= 0.6 is 0 Å². The van der Waals surface area contributed by atoms with Gasteiger partial charge in [-0.05, 0) is 42.0 Å². The first-order valence-electron chi connectivity index (χ1n) is 9.42. The van der Waals surface area contributed by atoms with Crippen molar-refractivity contribution in [1.29, 1.82) is 0 Å². The molecule has 2 rings (SSSR count). The number of hydrogen-bond acceptors (Lipinski definition) is 6. The van der Waals surface area contributed by atoms with Gasteiger partial charge in [0.05, 0.1) is 26.9 Å². The lowest BCUT2D eigenvalue weighted by molar-refractivity contribution is -0.154. The summed E-state index contributed by atoms with van der Waals surface area (Å²) >= 11 is 0. The summed E-state index contributed by atoms with van der Waals surface area (Å²) in [5.41, 5.74) is -0.0160. The number of ketones is 1. The third-order valence-electron chi connectivity index (χ3n) is 4.12. The molecule has 0 atom stereocenters. The van der Waals surface area contributed by atoms with E-state index in [9.17, 15) is 31.1 Å². The molecule has 0 bridgehead atoms. The molecular formula is C22H20F6O6. The zero-order valence-electron chi connectivity index (χ0n) is 18.2. The molecule has 12 heteroatoms. The molecule has 2 aromatic rings. The molecule has 186 valence electrons. The van der Waals surface area contributed by atoms with Gasteiger partial charge in [0.2, 0.25) is 5.75 Å². The lowest BCUT2D eigenvalue weighted by Gasteiger charge is -2.14. The summed E-state index contributed by atoms with van der Waals surface area (Å²) in [5, 5.41) is 0. The fourth-order valence-electron chi connectivity index (χ4n) is 2.70. The van der Waals surface area contributed by atoms with Crippen LogP contribution in [0.4, 0.5) is 26.3 Å². The molecule has 0 saturated carbocycles. The molecule has 0 radical (unpaired) electrons. The van der Waals surface area contributed by atoms with Crippen molar-refractivity contribution in [2.24, 2.45) is 0 Å². The number of allylic oxidation sites excluding steroid dienone is 1. The van der Waals surface area contributed by atoms with E-state index in [0.717, 1.165) is 24.3 Å². The van der Waals surface area contributed by atoms with Crippen LogP contribution in [0.2, 0.25) is 0 Å². The summed E-state index contributed by atoms with van der Waals surface area (Å²) in [6.07, 6.45) is -7.03. The molecule has 2 aromatic carbocycles. The molecule has 0 aliphatic carbocycles. The van der Waals surface area contributed by atoms with E-state index in [-0.39, 0.29) is 17.2 Å². The first kappa shape index (κ1) is 26.7. The normalized spacial score (nSPS) is 11.9. The fourth-order valence-corrected chi connectivity index (χ4v) is 2.70. The molecule has 0 spiro atoms. The average molecular weight is 494 g/mol. The Bertz CT molecular complexity index is 1000. The summed E-state index contributed by atoms with van der Waals surface area (Å²) < 4.78 is 99.9. The van der Waals surface area contributed by atoms with Crippen molar-refractivity contribution in [1.82, 2.24) is 0 Å². The van der Waals surface area contributed by atoms with Crippen LogP contribution in [0.5, 0.6) is 28.7 Å². The Morgan fingerprint density at radius 3 is 1.85 bits per heavy atom. The smallest absolute Gasteiger partial charge is 0.422 e. The summed E-state index contributed by atoms with van der Waals surface area (Å²) in [6, 6.07) is 5.79. The molecule has 0 aromatic heterocycles. The van der Waals surface area contributed by atoms with E-state index in [1.54, 1.807) is 0 Å². The molecular weight excluding hydrogens is 474 g/mol. The van der Waals surface area contributed by atoms with Crippen molar-refractivity contribution in [2.75, 3.05) is 34.5 Å². The number of carbonyl (C=O) groups excluding carboxylic acids is 1. The SMILES string of the molecule is COc1cc(C=CC(=O)c2cc(OCC(F)(F)F)ccc2OCC(F)(F)F)cc(OC)c1OC. The van der Waals surface area contributed by atoms with Crippen LogP contribution in [-0.4, -0.2) is 52.7 Å². The molecule has 0 unspecified atom stereocenters. The summed E-state index contributed by atoms with van der Waals surface area (Å²) in [5.74, 6) is -0.831. The Labute approximate surface area is 190 Å². The molecule has 0 N–H and O–H groups in total. The number of hydrogen-bond donors (Lipinski definition) is 0. The standard InChI is InChI=1S/C22H20F6O6/c1-30-18-8-13(9-19(31-2)20(18)32-3)4-6-16(29)15-10-14(33-11-21(23,24)25)5-7-17(15)34-12-22(26,27)28/h4-10H,11-12H2,1-3H3. The van der Waals surface area contributed by atoms with Crippen molar-refractivity contribution >= 4 is 11.9 Å². The van der Waals surface area contributed by atoms with Crippen molar-refractivity contribution in [2.45, 2.75) is 12.4 Å². The van der Waals surface area contributed by atoms with Gasteiger partial charge >= 0.3 is 12.4 Å². The average Bonchev–Trinajstić information content (AvgIpc) is 2.78. The van der Waals surface area contributed by atoms with Crippen molar-refractivity contribution in [3.05, 3.63) is 47.5 Å². The third-order valence-corrected chi connectivity index (χ3v) is 4.12. The second-order valence-electron chi connectivity index (χ2n) is 6.62. The zero-order chi connectivity index (χ0) is 25.5. The fraction of sp³-hybridized carbons (Fsp3) is 0.318. The van der Waals surface area contributed by atoms with Crippen LogP contribution in [0.1, 0.15) is 15.9 Å². The van der Waals surface area contributed by atoms with Gasteiger partial charge in [-0.3, -0.25) is 4.79 Å². The number of benzene rings is 2. The number of ether oxygens (including phenoxy) is 5. The quantitative estimate of drug-likeness (QED) is 0.247. The maximum atomic E-state index is 12.7. The Hall–Kier alpha value is -3.57. The van der Waals surface area contributed by atoms with Gasteiger partial charge in [-0.25, -0.2) is 0 Å². The number of halogens is 6. The maximum absolute atomic E-state index is 12.7. The van der Waals surface area contributed by atoms with Gasteiger partial charge in [0, 0.05) is 0 Å². The van der Waals surface area contributed by atoms with E-state index >= 15 is 0 Å². The topological polar surface area (TPSA) is 63.2 Å². The van der Waals surface area contributed by atoms with Crippen molar-refractivity contribution < 1.29 is 54.8 Å². The maximum Gasteiger partial charge on any atom is 0.422 e. The molecule has 6 nitrogen and oxygen atoms in total. The van der Waals surface area contributed by atoms with E-state index in [4.69, 9.17) is 14.2 Å². The predicted molar refractivity (Wildman–Crippen MR) is 109 cm³/mol. The first-order chi connectivity index (χ1) is 15.9. The second kappa shape index (κ2) is 11.0. The highest BCUT2D eigenvalue weighted by Gasteiger charge is 2.30. The van der Waals surface area contributed by atoms with E-state index in [1.807, 2.05) is 0 Å². The Morgan fingerprint density at radius 2 is 1.35 bits per heavy atom. The van der Waals surface area contributed by atoms with Crippen molar-refractivity contribution in [3.63, 3.8) is 0 Å². The van der Waals surface area contributed by atoms with Gasteiger partial charge < -0.3 is 23.7 Å². The van der Waals surface area contributed by atoms with E-state index < -0.39 is 42.7 Å². The molecule has 0 heterocycles. The highest BCUT2D eigenvalue weighted by atomic mass is 19.4. The van der Waals surface area contributed by atoms with Gasteiger partial charge in [-0.2, -0.15) is 26.3 Å². The molecule has 34 heavy (non-hydrogen) atoms. The van der Waals surface area contributed by atoms with Crippen molar-refractivity contribution in [3.8, 4) is 28.7 Å². The van der Waals surface area contributed by atoms with E-state index in [1.165, 1.54) is 39.5 Å². The Morgan fingerprint density at radius 1 is 0.794 bits per heavy atom. The number of carbonyl (C=O) groups is 1. The molecule has 0 aliphatic rings. The summed E-state index contributed by atoms with van der Waals surface area (Å²) in [6.45, 7) is -3.35. The van der Waals surface area contributed by atoms with Gasteiger partial charge in [-0.1, -0.05) is 6.08 Å².